The Labute approximate surface area is 208 Å². The second-order valence-electron chi connectivity index (χ2n) is 8.60. The lowest BCUT2D eigenvalue weighted by Gasteiger charge is -2.38. The van der Waals surface area contributed by atoms with Crippen LogP contribution in [0, 0.1) is 0 Å². The Balaban J connectivity index is 1.53. The quantitative estimate of drug-likeness (QED) is 0.370. The Kier molecular flexibility index (Phi) is 6.13. The highest BCUT2D eigenvalue weighted by molar-refractivity contribution is 9.10. The van der Waals surface area contributed by atoms with Gasteiger partial charge in [-0.2, -0.15) is 5.10 Å². The van der Waals surface area contributed by atoms with Gasteiger partial charge in [-0.15, -0.1) is 0 Å². The van der Waals surface area contributed by atoms with E-state index in [0.717, 1.165) is 44.8 Å². The zero-order valence-electron chi connectivity index (χ0n) is 19.6. The van der Waals surface area contributed by atoms with Crippen LogP contribution in [0.3, 0.4) is 0 Å². The second kappa shape index (κ2) is 9.22. The van der Waals surface area contributed by atoms with Gasteiger partial charge in [0.25, 0.3) is 0 Å². The Bertz CT molecular complexity index is 1230. The minimum atomic E-state index is -0.389. The normalized spacial score (nSPS) is 18.6. The third-order valence-corrected chi connectivity index (χ3v) is 6.50. The number of hydrogen-bond acceptors (Lipinski definition) is 6. The third kappa shape index (κ3) is 4.20. The molecule has 6 nitrogen and oxygen atoms in total. The largest absolute Gasteiger partial charge is 0.493 e. The highest BCUT2D eigenvalue weighted by Gasteiger charge is 2.41. The molecule has 2 heterocycles. The van der Waals surface area contributed by atoms with E-state index in [1.807, 2.05) is 56.3 Å². The number of hydrogen-bond donors (Lipinski definition) is 0. The van der Waals surface area contributed by atoms with Crippen LogP contribution in [-0.4, -0.2) is 31.0 Å². The van der Waals surface area contributed by atoms with E-state index in [4.69, 9.17) is 24.0 Å². The first-order valence-electron chi connectivity index (χ1n) is 11.3. The van der Waals surface area contributed by atoms with E-state index in [-0.39, 0.29) is 18.4 Å². The van der Waals surface area contributed by atoms with Crippen LogP contribution in [0.4, 0.5) is 0 Å². The van der Waals surface area contributed by atoms with Gasteiger partial charge in [0.05, 0.1) is 32.1 Å². The summed E-state index contributed by atoms with van der Waals surface area (Å²) in [6, 6.07) is 20.2. The van der Waals surface area contributed by atoms with Gasteiger partial charge >= 0.3 is 0 Å². The minimum absolute atomic E-state index is 0.0564. The molecule has 3 aromatic rings. The molecule has 34 heavy (non-hydrogen) atoms. The summed E-state index contributed by atoms with van der Waals surface area (Å²) in [5.41, 5.74) is 4.16. The summed E-state index contributed by atoms with van der Waals surface area (Å²) < 4.78 is 24.3. The van der Waals surface area contributed by atoms with Crippen LogP contribution in [0.1, 0.15) is 49.2 Å². The molecule has 0 spiro atoms. The molecule has 2 aliphatic heterocycles. The van der Waals surface area contributed by atoms with Gasteiger partial charge in [-0.05, 0) is 80.1 Å². The molecule has 2 atom stereocenters. The van der Waals surface area contributed by atoms with Crippen molar-refractivity contribution in [3.8, 4) is 23.0 Å². The standard InChI is InChI=1S/C27H27BrN2O4/c1-16(2)33-20-9-5-17(6-10-20)22-15-23-21-14-19(28)8-12-24(21)34-27(30(23)29-22)18-7-11-25(31-3)26(13-18)32-4/h5-14,16,23,27H,15H2,1-4H3. The fourth-order valence-corrected chi connectivity index (χ4v) is 4.84. The van der Waals surface area contributed by atoms with E-state index in [1.165, 1.54) is 0 Å². The molecule has 3 aromatic carbocycles. The van der Waals surface area contributed by atoms with Crippen molar-refractivity contribution in [2.75, 3.05) is 14.2 Å². The maximum Gasteiger partial charge on any atom is 0.214 e. The number of nitrogens with zero attached hydrogens (tertiary/aromatic N) is 2. The summed E-state index contributed by atoms with van der Waals surface area (Å²) >= 11 is 3.61. The zero-order valence-corrected chi connectivity index (χ0v) is 21.2. The average molecular weight is 523 g/mol. The number of ether oxygens (including phenoxy) is 4. The van der Waals surface area contributed by atoms with Gasteiger partial charge in [0.2, 0.25) is 6.23 Å². The van der Waals surface area contributed by atoms with Crippen LogP contribution in [0.15, 0.2) is 70.2 Å². The zero-order chi connectivity index (χ0) is 23.8. The number of benzene rings is 3. The van der Waals surface area contributed by atoms with Gasteiger partial charge in [0, 0.05) is 22.0 Å². The smallest absolute Gasteiger partial charge is 0.214 e. The highest BCUT2D eigenvalue weighted by atomic mass is 79.9. The van der Waals surface area contributed by atoms with Crippen LogP contribution >= 0.6 is 15.9 Å². The van der Waals surface area contributed by atoms with Gasteiger partial charge in [0.15, 0.2) is 11.5 Å². The van der Waals surface area contributed by atoms with E-state index >= 15 is 0 Å². The van der Waals surface area contributed by atoms with Crippen molar-refractivity contribution in [2.45, 2.75) is 38.6 Å². The molecular formula is C27H27BrN2O4. The molecule has 2 unspecified atom stereocenters. The molecule has 0 saturated carbocycles. The molecule has 0 N–H and O–H groups in total. The first-order chi connectivity index (χ1) is 16.5. The van der Waals surface area contributed by atoms with Gasteiger partial charge in [-0.1, -0.05) is 15.9 Å². The van der Waals surface area contributed by atoms with E-state index in [2.05, 4.69) is 39.1 Å². The highest BCUT2D eigenvalue weighted by Crippen LogP contribution is 2.49. The summed E-state index contributed by atoms with van der Waals surface area (Å²) in [6.07, 6.45) is 0.526. The van der Waals surface area contributed by atoms with Crippen LogP contribution in [0.5, 0.6) is 23.0 Å². The molecule has 0 saturated heterocycles. The third-order valence-electron chi connectivity index (χ3n) is 6.00. The van der Waals surface area contributed by atoms with E-state index in [1.54, 1.807) is 14.2 Å². The fourth-order valence-electron chi connectivity index (χ4n) is 4.46. The lowest BCUT2D eigenvalue weighted by Crippen LogP contribution is -2.33. The fraction of sp³-hybridized carbons (Fsp3) is 0.296. The molecule has 176 valence electrons. The summed E-state index contributed by atoms with van der Waals surface area (Å²) in [7, 11) is 3.27. The van der Waals surface area contributed by atoms with Gasteiger partial charge in [-0.3, -0.25) is 0 Å². The summed E-state index contributed by atoms with van der Waals surface area (Å²) in [4.78, 5) is 0. The van der Waals surface area contributed by atoms with E-state index in [9.17, 15) is 0 Å². The maximum atomic E-state index is 6.49. The summed E-state index contributed by atoms with van der Waals surface area (Å²) in [5, 5.41) is 7.11. The Morgan fingerprint density at radius 2 is 1.74 bits per heavy atom. The van der Waals surface area contributed by atoms with Crippen molar-refractivity contribution in [1.29, 1.82) is 0 Å². The second-order valence-corrected chi connectivity index (χ2v) is 9.52. The van der Waals surface area contributed by atoms with Gasteiger partial charge in [0.1, 0.15) is 11.5 Å². The van der Waals surface area contributed by atoms with Crippen molar-refractivity contribution < 1.29 is 18.9 Å². The van der Waals surface area contributed by atoms with E-state index < -0.39 is 0 Å². The summed E-state index contributed by atoms with van der Waals surface area (Å²) in [6.45, 7) is 4.05. The molecule has 7 heteroatoms. The van der Waals surface area contributed by atoms with Gasteiger partial charge < -0.3 is 18.9 Å². The molecule has 0 amide bonds. The Morgan fingerprint density at radius 1 is 0.971 bits per heavy atom. The predicted molar refractivity (Wildman–Crippen MR) is 135 cm³/mol. The lowest BCUT2D eigenvalue weighted by atomic mass is 9.96. The van der Waals surface area contributed by atoms with Crippen molar-refractivity contribution in [2.24, 2.45) is 5.10 Å². The molecule has 0 bridgehead atoms. The molecular weight excluding hydrogens is 496 g/mol. The first-order valence-corrected chi connectivity index (χ1v) is 12.1. The Hall–Kier alpha value is -3.19. The van der Waals surface area contributed by atoms with E-state index in [0.29, 0.717) is 11.5 Å². The van der Waals surface area contributed by atoms with Crippen molar-refractivity contribution in [3.05, 3.63) is 81.8 Å². The SMILES string of the molecule is COc1ccc(C2Oc3ccc(Br)cc3C3CC(c4ccc(OC(C)C)cc4)=NN32)cc1OC. The predicted octanol–water partition coefficient (Wildman–Crippen LogP) is 6.50. The monoisotopic (exact) mass is 522 g/mol. The number of rotatable bonds is 6. The molecule has 0 radical (unpaired) electrons. The summed E-state index contributed by atoms with van der Waals surface area (Å²) in [5.74, 6) is 3.06. The molecule has 0 fully saturated rings. The number of methoxy groups -OCH3 is 2. The average Bonchev–Trinajstić information content (AvgIpc) is 3.29. The van der Waals surface area contributed by atoms with Crippen molar-refractivity contribution in [1.82, 2.24) is 5.01 Å². The van der Waals surface area contributed by atoms with Gasteiger partial charge in [-0.25, -0.2) is 5.01 Å². The Morgan fingerprint density at radius 3 is 2.44 bits per heavy atom. The molecule has 5 rings (SSSR count). The molecule has 0 aliphatic carbocycles. The number of halogens is 1. The molecule has 2 aliphatic rings. The lowest BCUT2D eigenvalue weighted by molar-refractivity contribution is -0.0192. The first kappa shape index (κ1) is 22.6. The maximum absolute atomic E-state index is 6.49. The topological polar surface area (TPSA) is 52.5 Å². The molecule has 0 aromatic heterocycles. The van der Waals surface area contributed by atoms with Crippen molar-refractivity contribution in [3.63, 3.8) is 0 Å². The number of hydrazone groups is 1. The van der Waals surface area contributed by atoms with Crippen LogP contribution in [0.2, 0.25) is 0 Å². The van der Waals surface area contributed by atoms with Crippen LogP contribution < -0.4 is 18.9 Å². The minimum Gasteiger partial charge on any atom is -0.493 e. The van der Waals surface area contributed by atoms with Crippen LogP contribution in [0.25, 0.3) is 0 Å². The number of fused-ring (bicyclic) bond motifs is 3. The van der Waals surface area contributed by atoms with Crippen molar-refractivity contribution >= 4 is 21.6 Å². The van der Waals surface area contributed by atoms with Crippen LogP contribution in [-0.2, 0) is 0 Å².